The fourth-order valence-electron chi connectivity index (χ4n) is 4.16. The Balaban J connectivity index is 1.57. The Morgan fingerprint density at radius 2 is 1.85 bits per heavy atom. The summed E-state index contributed by atoms with van der Waals surface area (Å²) in [5.41, 5.74) is 4.56. The van der Waals surface area contributed by atoms with Crippen molar-refractivity contribution in [2.24, 2.45) is 0 Å². The van der Waals surface area contributed by atoms with E-state index in [-0.39, 0.29) is 28.5 Å². The quantitative estimate of drug-likeness (QED) is 0.358. The van der Waals surface area contributed by atoms with Crippen molar-refractivity contribution < 1.29 is 17.9 Å². The van der Waals surface area contributed by atoms with Gasteiger partial charge in [0.15, 0.2) is 15.6 Å². The number of carbonyl (C=O) groups excluding carboxylic acids is 1. The molecule has 0 aliphatic carbocycles. The fraction of sp³-hybridized carbons (Fsp3) is 0.269. The molecule has 0 unspecified atom stereocenters. The van der Waals surface area contributed by atoms with Crippen LogP contribution in [0.2, 0.25) is 0 Å². The average molecular weight is 528 g/mol. The van der Waals surface area contributed by atoms with Gasteiger partial charge in [0.05, 0.1) is 17.2 Å². The molecule has 4 rings (SSSR count). The molecule has 0 fully saturated rings. The molecule has 3 aromatic rings. The standard InChI is InChI=1S/C26H26BrNO4S/c1-4-33(30,31)26-8-6-5-7-21(26)24(29)16-28-14-13-20-18(3)25(12-11-23(20)28)32-19-9-10-22(27)17(2)15-19/h5-12,15H,4,13-14,16H2,1-3H3. The Kier molecular flexibility index (Phi) is 6.64. The van der Waals surface area contributed by atoms with Gasteiger partial charge in [-0.3, -0.25) is 4.79 Å². The van der Waals surface area contributed by atoms with Crippen molar-refractivity contribution in [3.8, 4) is 11.5 Å². The number of carbonyl (C=O) groups is 1. The monoisotopic (exact) mass is 527 g/mol. The zero-order valence-electron chi connectivity index (χ0n) is 18.9. The molecule has 0 N–H and O–H groups in total. The van der Waals surface area contributed by atoms with E-state index in [0.717, 1.165) is 44.8 Å². The van der Waals surface area contributed by atoms with Gasteiger partial charge in [-0.05, 0) is 73.4 Å². The van der Waals surface area contributed by atoms with E-state index in [2.05, 4.69) is 15.9 Å². The number of aryl methyl sites for hydroxylation is 1. The van der Waals surface area contributed by atoms with E-state index in [1.165, 1.54) is 6.07 Å². The first-order valence-electron chi connectivity index (χ1n) is 10.9. The second-order valence-corrected chi connectivity index (χ2v) is 11.3. The summed E-state index contributed by atoms with van der Waals surface area (Å²) >= 11 is 3.51. The first-order chi connectivity index (χ1) is 15.7. The van der Waals surface area contributed by atoms with E-state index in [4.69, 9.17) is 4.74 Å². The van der Waals surface area contributed by atoms with Crippen molar-refractivity contribution in [1.29, 1.82) is 0 Å². The summed E-state index contributed by atoms with van der Waals surface area (Å²) in [5, 5.41) is 0. The number of nitrogens with zero attached hydrogens (tertiary/aromatic N) is 1. The van der Waals surface area contributed by atoms with Crippen molar-refractivity contribution in [2.75, 3.05) is 23.7 Å². The van der Waals surface area contributed by atoms with Crippen molar-refractivity contribution >= 4 is 37.2 Å². The van der Waals surface area contributed by atoms with Crippen LogP contribution in [-0.4, -0.2) is 33.0 Å². The van der Waals surface area contributed by atoms with Crippen molar-refractivity contribution in [3.05, 3.63) is 81.3 Å². The van der Waals surface area contributed by atoms with Gasteiger partial charge in [0, 0.05) is 22.3 Å². The number of sulfone groups is 1. The predicted molar refractivity (Wildman–Crippen MR) is 135 cm³/mol. The molecule has 1 aliphatic rings. The van der Waals surface area contributed by atoms with E-state index in [9.17, 15) is 13.2 Å². The van der Waals surface area contributed by atoms with Crippen molar-refractivity contribution in [2.45, 2.75) is 32.1 Å². The van der Waals surface area contributed by atoms with Gasteiger partial charge >= 0.3 is 0 Å². The van der Waals surface area contributed by atoms with Crippen LogP contribution in [0, 0.1) is 13.8 Å². The Hall–Kier alpha value is -2.64. The Morgan fingerprint density at radius 3 is 2.58 bits per heavy atom. The molecule has 0 bridgehead atoms. The maximum absolute atomic E-state index is 13.1. The van der Waals surface area contributed by atoms with Gasteiger partial charge < -0.3 is 9.64 Å². The second-order valence-electron chi connectivity index (χ2n) is 8.19. The molecule has 5 nitrogen and oxygen atoms in total. The van der Waals surface area contributed by atoms with Gasteiger partial charge in [0.1, 0.15) is 11.5 Å². The number of ether oxygens (including phenoxy) is 1. The van der Waals surface area contributed by atoms with Gasteiger partial charge in [-0.25, -0.2) is 8.42 Å². The lowest BCUT2D eigenvalue weighted by Gasteiger charge is -2.20. The molecular weight excluding hydrogens is 502 g/mol. The van der Waals surface area contributed by atoms with E-state index in [1.54, 1.807) is 25.1 Å². The number of hydrogen-bond donors (Lipinski definition) is 0. The van der Waals surface area contributed by atoms with Crippen LogP contribution in [0.3, 0.4) is 0 Å². The number of anilines is 1. The molecule has 0 saturated heterocycles. The van der Waals surface area contributed by atoms with Crippen LogP contribution in [0.15, 0.2) is 64.0 Å². The van der Waals surface area contributed by atoms with E-state index in [1.807, 2.05) is 49.1 Å². The molecular formula is C26H26BrNO4S. The van der Waals surface area contributed by atoms with Gasteiger partial charge in [-0.15, -0.1) is 0 Å². The van der Waals surface area contributed by atoms with Gasteiger partial charge in [0.25, 0.3) is 0 Å². The number of halogens is 1. The number of rotatable bonds is 7. The van der Waals surface area contributed by atoms with E-state index < -0.39 is 9.84 Å². The highest BCUT2D eigenvalue weighted by Gasteiger charge is 2.27. The summed E-state index contributed by atoms with van der Waals surface area (Å²) in [6, 6.07) is 16.3. The maximum atomic E-state index is 13.1. The van der Waals surface area contributed by atoms with Gasteiger partial charge in [-0.1, -0.05) is 41.1 Å². The third-order valence-electron chi connectivity index (χ3n) is 6.09. The summed E-state index contributed by atoms with van der Waals surface area (Å²) in [4.78, 5) is 15.2. The highest BCUT2D eigenvalue weighted by atomic mass is 79.9. The molecule has 0 saturated carbocycles. The van der Waals surface area contributed by atoms with Crippen LogP contribution in [0.5, 0.6) is 11.5 Å². The molecule has 0 radical (unpaired) electrons. The number of hydrogen-bond acceptors (Lipinski definition) is 5. The largest absolute Gasteiger partial charge is 0.457 e. The zero-order chi connectivity index (χ0) is 23.8. The van der Waals surface area contributed by atoms with E-state index >= 15 is 0 Å². The predicted octanol–water partition coefficient (Wildman–Crippen LogP) is 5.90. The van der Waals surface area contributed by atoms with Crippen LogP contribution < -0.4 is 9.64 Å². The smallest absolute Gasteiger partial charge is 0.183 e. The molecule has 0 aromatic heterocycles. The molecule has 3 aromatic carbocycles. The summed E-state index contributed by atoms with van der Waals surface area (Å²) in [6.07, 6.45) is 0.805. The molecule has 1 aliphatic heterocycles. The molecule has 172 valence electrons. The molecule has 0 spiro atoms. The molecule has 1 heterocycles. The number of Topliss-reactive ketones (excluding diaryl/α,β-unsaturated/α-hetero) is 1. The number of fused-ring (bicyclic) bond motifs is 1. The van der Waals surface area contributed by atoms with Crippen LogP contribution in [0.1, 0.15) is 34.0 Å². The Bertz CT molecular complexity index is 1330. The average Bonchev–Trinajstić information content (AvgIpc) is 3.21. The second kappa shape index (κ2) is 9.31. The van der Waals surface area contributed by atoms with Crippen LogP contribution >= 0.6 is 15.9 Å². The van der Waals surface area contributed by atoms with E-state index in [0.29, 0.717) is 6.54 Å². The fourth-order valence-corrected chi connectivity index (χ4v) is 5.53. The lowest BCUT2D eigenvalue weighted by atomic mass is 10.0. The minimum absolute atomic E-state index is 0.0380. The third-order valence-corrected chi connectivity index (χ3v) is 8.77. The van der Waals surface area contributed by atoms with Crippen molar-refractivity contribution in [3.63, 3.8) is 0 Å². The first-order valence-corrected chi connectivity index (χ1v) is 13.3. The van der Waals surface area contributed by atoms with Crippen LogP contribution in [0.4, 0.5) is 5.69 Å². The summed E-state index contributed by atoms with van der Waals surface area (Å²) in [5.74, 6) is 1.34. The van der Waals surface area contributed by atoms with Crippen LogP contribution in [-0.2, 0) is 16.3 Å². The first kappa shape index (κ1) is 23.5. The Morgan fingerprint density at radius 1 is 1.09 bits per heavy atom. The SMILES string of the molecule is CCS(=O)(=O)c1ccccc1C(=O)CN1CCc2c1ccc(Oc1ccc(Br)c(C)c1)c2C. The summed E-state index contributed by atoms with van der Waals surface area (Å²) in [6.45, 7) is 6.48. The topological polar surface area (TPSA) is 63.7 Å². The molecule has 0 amide bonds. The van der Waals surface area contributed by atoms with Gasteiger partial charge in [0.2, 0.25) is 0 Å². The normalized spacial score (nSPS) is 13.2. The molecule has 33 heavy (non-hydrogen) atoms. The Labute approximate surface area is 203 Å². The number of ketones is 1. The zero-order valence-corrected chi connectivity index (χ0v) is 21.3. The summed E-state index contributed by atoms with van der Waals surface area (Å²) in [7, 11) is -3.47. The summed E-state index contributed by atoms with van der Waals surface area (Å²) < 4.78 is 32.1. The minimum Gasteiger partial charge on any atom is -0.457 e. The minimum atomic E-state index is -3.47. The third kappa shape index (κ3) is 4.70. The molecule has 0 atom stereocenters. The molecule has 7 heteroatoms. The number of benzene rings is 3. The lowest BCUT2D eigenvalue weighted by Crippen LogP contribution is -2.29. The highest BCUT2D eigenvalue weighted by Crippen LogP contribution is 2.38. The van der Waals surface area contributed by atoms with Crippen molar-refractivity contribution in [1.82, 2.24) is 0 Å². The van der Waals surface area contributed by atoms with Crippen LogP contribution in [0.25, 0.3) is 0 Å². The lowest BCUT2D eigenvalue weighted by molar-refractivity contribution is 0.0996. The highest BCUT2D eigenvalue weighted by molar-refractivity contribution is 9.10. The van der Waals surface area contributed by atoms with Gasteiger partial charge in [-0.2, -0.15) is 0 Å². The maximum Gasteiger partial charge on any atom is 0.183 e.